The van der Waals surface area contributed by atoms with E-state index in [1.54, 1.807) is 12.1 Å². The Balaban J connectivity index is 1.85. The molecule has 2 aliphatic rings. The Morgan fingerprint density at radius 3 is 2.79 bits per heavy atom. The number of rotatable bonds is 2. The van der Waals surface area contributed by atoms with Crippen molar-refractivity contribution in [2.75, 3.05) is 5.32 Å². The molecule has 122 valence electrons. The summed E-state index contributed by atoms with van der Waals surface area (Å²) in [5.74, 6) is 0.592. The molecule has 1 N–H and O–H groups in total. The molecule has 0 saturated heterocycles. The second-order valence-corrected chi connectivity index (χ2v) is 7.34. The molecule has 24 heavy (non-hydrogen) atoms. The number of non-ortho nitro benzene ring substituents is 1. The van der Waals surface area contributed by atoms with E-state index in [0.717, 1.165) is 27.7 Å². The van der Waals surface area contributed by atoms with Crippen molar-refractivity contribution in [2.45, 2.75) is 25.3 Å². The van der Waals surface area contributed by atoms with Crippen LogP contribution in [0.25, 0.3) is 0 Å². The van der Waals surface area contributed by atoms with Crippen molar-refractivity contribution in [1.82, 2.24) is 0 Å². The van der Waals surface area contributed by atoms with E-state index in [9.17, 15) is 10.1 Å². The third-order valence-corrected chi connectivity index (χ3v) is 5.82. The predicted molar refractivity (Wildman–Crippen MR) is 98.3 cm³/mol. The number of anilines is 1. The number of hydrogen-bond acceptors (Lipinski definition) is 3. The van der Waals surface area contributed by atoms with Crippen LogP contribution >= 0.6 is 15.9 Å². The van der Waals surface area contributed by atoms with Crippen molar-refractivity contribution in [3.63, 3.8) is 0 Å². The first kappa shape index (κ1) is 15.4. The third-order valence-electron chi connectivity index (χ3n) is 5.10. The summed E-state index contributed by atoms with van der Waals surface area (Å²) in [6.45, 7) is 1.94. The maximum Gasteiger partial charge on any atom is 0.270 e. The van der Waals surface area contributed by atoms with Crippen LogP contribution in [0.2, 0.25) is 0 Å². The summed E-state index contributed by atoms with van der Waals surface area (Å²) in [4.78, 5) is 10.9. The van der Waals surface area contributed by atoms with Crippen molar-refractivity contribution >= 4 is 27.3 Å². The first-order chi connectivity index (χ1) is 11.6. The summed E-state index contributed by atoms with van der Waals surface area (Å²) in [5, 5.41) is 14.9. The molecule has 5 heteroatoms. The number of nitro benzene ring substituents is 1. The number of halogens is 1. The van der Waals surface area contributed by atoms with Crippen LogP contribution in [0.5, 0.6) is 0 Å². The Labute approximate surface area is 148 Å². The molecule has 1 aliphatic carbocycles. The van der Waals surface area contributed by atoms with Crippen LogP contribution in [0.15, 0.2) is 53.0 Å². The van der Waals surface area contributed by atoms with E-state index in [-0.39, 0.29) is 22.6 Å². The standard InChI is InChI=1S/C19H17BrN2O2/c1-11-9-12(22(23)24)10-16-13-6-4-7-14(13)19(21-18(11)16)15-5-2-3-8-17(15)20/h2-6,8-10,13-14,19,21H,7H2,1H3/t13-,14-,19-/m0/s1. The summed E-state index contributed by atoms with van der Waals surface area (Å²) in [6.07, 6.45) is 5.38. The molecule has 0 spiro atoms. The summed E-state index contributed by atoms with van der Waals surface area (Å²) in [5.41, 5.74) is 4.42. The lowest BCUT2D eigenvalue weighted by atomic mass is 9.76. The van der Waals surface area contributed by atoms with Crippen molar-refractivity contribution < 1.29 is 4.92 Å². The van der Waals surface area contributed by atoms with Gasteiger partial charge in [0.2, 0.25) is 0 Å². The molecule has 0 bridgehead atoms. The molecule has 2 aromatic rings. The van der Waals surface area contributed by atoms with Gasteiger partial charge in [-0.3, -0.25) is 10.1 Å². The minimum Gasteiger partial charge on any atom is -0.377 e. The fourth-order valence-electron chi connectivity index (χ4n) is 4.01. The van der Waals surface area contributed by atoms with Gasteiger partial charge in [0.05, 0.1) is 11.0 Å². The van der Waals surface area contributed by atoms with Crippen LogP contribution < -0.4 is 5.32 Å². The molecule has 0 fully saturated rings. The molecule has 2 aromatic carbocycles. The first-order valence-corrected chi connectivity index (χ1v) is 8.82. The van der Waals surface area contributed by atoms with Crippen LogP contribution in [-0.2, 0) is 0 Å². The van der Waals surface area contributed by atoms with Crippen molar-refractivity contribution in [1.29, 1.82) is 0 Å². The van der Waals surface area contributed by atoms with Gasteiger partial charge < -0.3 is 5.32 Å². The molecule has 4 rings (SSSR count). The highest BCUT2D eigenvalue weighted by Gasteiger charge is 2.39. The van der Waals surface area contributed by atoms with E-state index in [4.69, 9.17) is 0 Å². The van der Waals surface area contributed by atoms with Crippen LogP contribution in [-0.4, -0.2) is 4.92 Å². The number of aryl methyl sites for hydroxylation is 1. The van der Waals surface area contributed by atoms with Gasteiger partial charge in [-0.25, -0.2) is 0 Å². The quantitative estimate of drug-likeness (QED) is 0.422. The van der Waals surface area contributed by atoms with Crippen molar-refractivity contribution in [3.8, 4) is 0 Å². The van der Waals surface area contributed by atoms with Gasteiger partial charge in [-0.15, -0.1) is 0 Å². The Hall–Kier alpha value is -2.14. The Morgan fingerprint density at radius 2 is 2.04 bits per heavy atom. The fraction of sp³-hybridized carbons (Fsp3) is 0.263. The average molecular weight is 385 g/mol. The molecule has 0 aromatic heterocycles. The Morgan fingerprint density at radius 1 is 1.25 bits per heavy atom. The van der Waals surface area contributed by atoms with E-state index >= 15 is 0 Å². The van der Waals surface area contributed by atoms with Gasteiger partial charge in [0.15, 0.2) is 0 Å². The van der Waals surface area contributed by atoms with Crippen LogP contribution in [0.4, 0.5) is 11.4 Å². The fourth-order valence-corrected chi connectivity index (χ4v) is 4.54. The van der Waals surface area contributed by atoms with Crippen molar-refractivity contribution in [3.05, 3.63) is 79.8 Å². The smallest absolute Gasteiger partial charge is 0.270 e. The molecular formula is C19H17BrN2O2. The molecule has 0 saturated carbocycles. The summed E-state index contributed by atoms with van der Waals surface area (Å²) >= 11 is 3.67. The second kappa shape index (κ2) is 5.74. The van der Waals surface area contributed by atoms with E-state index in [0.29, 0.717) is 5.92 Å². The minimum atomic E-state index is -0.305. The molecule has 1 heterocycles. The number of hydrogen-bond donors (Lipinski definition) is 1. The molecule has 0 amide bonds. The predicted octanol–water partition coefficient (Wildman–Crippen LogP) is 5.49. The van der Waals surface area contributed by atoms with Gasteiger partial charge in [0.1, 0.15) is 0 Å². The maximum atomic E-state index is 11.2. The number of benzene rings is 2. The molecular weight excluding hydrogens is 368 g/mol. The molecule has 0 unspecified atom stereocenters. The molecule has 0 radical (unpaired) electrons. The zero-order chi connectivity index (χ0) is 16.8. The minimum absolute atomic E-state index is 0.173. The van der Waals surface area contributed by atoms with E-state index in [1.165, 1.54) is 5.56 Å². The number of fused-ring (bicyclic) bond motifs is 3. The zero-order valence-electron chi connectivity index (χ0n) is 13.2. The number of allylic oxidation sites excluding steroid dienone is 2. The van der Waals surface area contributed by atoms with Gasteiger partial charge in [-0.2, -0.15) is 0 Å². The summed E-state index contributed by atoms with van der Waals surface area (Å²) < 4.78 is 1.09. The number of nitrogens with one attached hydrogen (secondary N) is 1. The highest BCUT2D eigenvalue weighted by atomic mass is 79.9. The average Bonchev–Trinajstić information content (AvgIpc) is 3.05. The summed E-state index contributed by atoms with van der Waals surface area (Å²) in [7, 11) is 0. The topological polar surface area (TPSA) is 55.2 Å². The second-order valence-electron chi connectivity index (χ2n) is 6.48. The zero-order valence-corrected chi connectivity index (χ0v) is 14.8. The van der Waals surface area contributed by atoms with E-state index in [2.05, 4.69) is 51.6 Å². The van der Waals surface area contributed by atoms with Gasteiger partial charge in [0.25, 0.3) is 5.69 Å². The maximum absolute atomic E-state index is 11.2. The third kappa shape index (κ3) is 2.35. The normalized spacial score (nSPS) is 24.2. The van der Waals surface area contributed by atoms with Crippen LogP contribution in [0, 0.1) is 23.0 Å². The SMILES string of the molecule is Cc1cc([N+](=O)[O-])cc2c1N[C@H](c1ccccc1Br)[C@H]1CC=C[C@H]21. The molecule has 3 atom stereocenters. The number of nitrogens with zero attached hydrogens (tertiary/aromatic N) is 1. The van der Waals surface area contributed by atoms with Gasteiger partial charge in [-0.05, 0) is 42.0 Å². The van der Waals surface area contributed by atoms with Crippen LogP contribution in [0.3, 0.4) is 0 Å². The van der Waals surface area contributed by atoms with E-state index < -0.39 is 0 Å². The van der Waals surface area contributed by atoms with Gasteiger partial charge in [-0.1, -0.05) is 46.3 Å². The van der Waals surface area contributed by atoms with Gasteiger partial charge in [0, 0.05) is 28.2 Å². The lowest BCUT2D eigenvalue weighted by molar-refractivity contribution is -0.385. The van der Waals surface area contributed by atoms with Gasteiger partial charge >= 0.3 is 0 Å². The monoisotopic (exact) mass is 384 g/mol. The Kier molecular flexibility index (Phi) is 3.68. The first-order valence-electron chi connectivity index (χ1n) is 8.03. The lowest BCUT2D eigenvalue weighted by Gasteiger charge is -2.38. The highest BCUT2D eigenvalue weighted by molar-refractivity contribution is 9.10. The van der Waals surface area contributed by atoms with E-state index in [1.807, 2.05) is 13.0 Å². The highest BCUT2D eigenvalue weighted by Crippen LogP contribution is 2.52. The molecule has 1 aliphatic heterocycles. The van der Waals surface area contributed by atoms with Crippen molar-refractivity contribution in [2.24, 2.45) is 5.92 Å². The largest absolute Gasteiger partial charge is 0.377 e. The molecule has 4 nitrogen and oxygen atoms in total. The number of nitro groups is 1. The summed E-state index contributed by atoms with van der Waals surface area (Å²) in [6, 6.07) is 11.9. The lowest BCUT2D eigenvalue weighted by Crippen LogP contribution is -2.30. The van der Waals surface area contributed by atoms with Crippen LogP contribution in [0.1, 0.15) is 35.1 Å². The Bertz CT molecular complexity index is 862.